The molecule has 0 unspecified atom stereocenters. The van der Waals surface area contributed by atoms with Gasteiger partial charge in [-0.05, 0) is 19.4 Å². The monoisotopic (exact) mass is 169 g/mol. The van der Waals surface area contributed by atoms with Gasteiger partial charge in [0.05, 0.1) is 0 Å². The summed E-state index contributed by atoms with van der Waals surface area (Å²) in [5.74, 6) is 0. The van der Waals surface area contributed by atoms with Crippen molar-refractivity contribution in [2.45, 2.75) is 25.8 Å². The Morgan fingerprint density at radius 1 is 1.50 bits per heavy atom. The molecule has 1 aliphatic heterocycles. The molecule has 1 rings (SSSR count). The highest BCUT2D eigenvalue weighted by Crippen LogP contribution is 2.09. The minimum Gasteiger partial charge on any atom is -0.403 e. The van der Waals surface area contributed by atoms with Crippen molar-refractivity contribution in [1.82, 2.24) is 10.2 Å². The van der Waals surface area contributed by atoms with E-state index >= 15 is 0 Å². The van der Waals surface area contributed by atoms with Crippen LogP contribution in [0.5, 0.6) is 0 Å². The standard InChI is InChI=1S/C9H19N3/c1-2-12-7-3-9(4-8-12)11-6-5-10/h5-6,9,11H,2-4,7-8,10H2,1H3/b6-5-. The number of hydrogen-bond acceptors (Lipinski definition) is 3. The third kappa shape index (κ3) is 2.74. The van der Waals surface area contributed by atoms with Crippen LogP contribution in [-0.2, 0) is 0 Å². The summed E-state index contributed by atoms with van der Waals surface area (Å²) in [6.07, 6.45) is 5.87. The maximum Gasteiger partial charge on any atom is 0.0280 e. The number of piperidine rings is 1. The topological polar surface area (TPSA) is 41.3 Å². The van der Waals surface area contributed by atoms with Gasteiger partial charge in [0.25, 0.3) is 0 Å². The van der Waals surface area contributed by atoms with Gasteiger partial charge in [-0.2, -0.15) is 0 Å². The summed E-state index contributed by atoms with van der Waals surface area (Å²) in [5, 5.41) is 3.28. The molecule has 3 nitrogen and oxygen atoms in total. The lowest BCUT2D eigenvalue weighted by atomic mass is 10.1. The number of nitrogens with one attached hydrogen (secondary N) is 1. The summed E-state index contributed by atoms with van der Waals surface area (Å²) >= 11 is 0. The molecule has 0 bridgehead atoms. The van der Waals surface area contributed by atoms with Crippen LogP contribution in [0, 0.1) is 0 Å². The lowest BCUT2D eigenvalue weighted by Gasteiger charge is -2.31. The van der Waals surface area contributed by atoms with Gasteiger partial charge >= 0.3 is 0 Å². The zero-order valence-corrected chi connectivity index (χ0v) is 7.79. The van der Waals surface area contributed by atoms with Crippen LogP contribution in [0.1, 0.15) is 19.8 Å². The summed E-state index contributed by atoms with van der Waals surface area (Å²) in [7, 11) is 0. The van der Waals surface area contributed by atoms with Crippen molar-refractivity contribution in [2.24, 2.45) is 5.73 Å². The van der Waals surface area contributed by atoms with E-state index in [1.165, 1.54) is 32.5 Å². The zero-order valence-electron chi connectivity index (χ0n) is 7.79. The second-order valence-electron chi connectivity index (χ2n) is 3.23. The van der Waals surface area contributed by atoms with Crippen LogP contribution < -0.4 is 11.1 Å². The van der Waals surface area contributed by atoms with Crippen LogP contribution in [0.15, 0.2) is 12.4 Å². The lowest BCUT2D eigenvalue weighted by Crippen LogP contribution is -2.40. The second kappa shape index (κ2) is 5.04. The van der Waals surface area contributed by atoms with E-state index in [2.05, 4.69) is 17.1 Å². The van der Waals surface area contributed by atoms with Gasteiger partial charge in [-0.1, -0.05) is 6.92 Å². The Labute approximate surface area is 74.6 Å². The first-order valence-electron chi connectivity index (χ1n) is 4.72. The molecule has 0 atom stereocenters. The molecule has 0 spiro atoms. The molecule has 1 aliphatic rings. The van der Waals surface area contributed by atoms with Crippen molar-refractivity contribution in [3.05, 3.63) is 12.4 Å². The van der Waals surface area contributed by atoms with Crippen molar-refractivity contribution < 1.29 is 0 Å². The van der Waals surface area contributed by atoms with Crippen LogP contribution in [-0.4, -0.2) is 30.6 Å². The van der Waals surface area contributed by atoms with E-state index in [9.17, 15) is 0 Å². The maximum atomic E-state index is 5.25. The van der Waals surface area contributed by atoms with E-state index in [4.69, 9.17) is 5.73 Å². The molecule has 1 fully saturated rings. The van der Waals surface area contributed by atoms with Crippen LogP contribution in [0.3, 0.4) is 0 Å². The molecule has 0 amide bonds. The number of likely N-dealkylation sites (tertiary alicyclic amines) is 1. The fourth-order valence-electron chi connectivity index (χ4n) is 1.61. The quantitative estimate of drug-likeness (QED) is 0.646. The van der Waals surface area contributed by atoms with E-state index in [0.29, 0.717) is 6.04 Å². The minimum atomic E-state index is 0.632. The van der Waals surface area contributed by atoms with E-state index in [1.54, 1.807) is 6.20 Å². The Morgan fingerprint density at radius 3 is 2.67 bits per heavy atom. The Kier molecular flexibility index (Phi) is 3.94. The van der Waals surface area contributed by atoms with Crippen LogP contribution in [0.25, 0.3) is 0 Å². The molecule has 3 heteroatoms. The molecule has 0 radical (unpaired) electrons. The van der Waals surface area contributed by atoms with Crippen LogP contribution >= 0.6 is 0 Å². The van der Waals surface area contributed by atoms with Crippen molar-refractivity contribution in [2.75, 3.05) is 19.6 Å². The summed E-state index contributed by atoms with van der Waals surface area (Å²) in [5.41, 5.74) is 5.25. The first-order chi connectivity index (χ1) is 5.86. The largest absolute Gasteiger partial charge is 0.403 e. The molecule has 3 N–H and O–H groups in total. The number of rotatable bonds is 3. The summed E-state index contributed by atoms with van der Waals surface area (Å²) < 4.78 is 0. The Balaban J connectivity index is 2.17. The molecule has 0 aromatic carbocycles. The third-order valence-corrected chi connectivity index (χ3v) is 2.46. The highest BCUT2D eigenvalue weighted by Gasteiger charge is 2.15. The first-order valence-corrected chi connectivity index (χ1v) is 4.72. The first kappa shape index (κ1) is 9.39. The van der Waals surface area contributed by atoms with E-state index in [1.807, 2.05) is 6.20 Å². The molecule has 1 heterocycles. The second-order valence-corrected chi connectivity index (χ2v) is 3.23. The van der Waals surface area contributed by atoms with Crippen molar-refractivity contribution in [1.29, 1.82) is 0 Å². The van der Waals surface area contributed by atoms with E-state index in [-0.39, 0.29) is 0 Å². The smallest absolute Gasteiger partial charge is 0.0280 e. The summed E-state index contributed by atoms with van der Waals surface area (Å²) in [6, 6.07) is 0.632. The predicted octanol–water partition coefficient (Wildman–Crippen LogP) is 0.490. The normalized spacial score (nSPS) is 21.8. The van der Waals surface area contributed by atoms with Gasteiger partial charge < -0.3 is 16.0 Å². The predicted molar refractivity (Wildman–Crippen MR) is 51.6 cm³/mol. The molecule has 70 valence electrons. The van der Waals surface area contributed by atoms with Gasteiger partial charge in [-0.3, -0.25) is 0 Å². The zero-order chi connectivity index (χ0) is 8.81. The molecular weight excluding hydrogens is 150 g/mol. The van der Waals surface area contributed by atoms with Crippen LogP contribution in [0.4, 0.5) is 0 Å². The van der Waals surface area contributed by atoms with Crippen LogP contribution in [0.2, 0.25) is 0 Å². The Hall–Kier alpha value is -0.700. The van der Waals surface area contributed by atoms with Gasteiger partial charge in [0, 0.05) is 31.5 Å². The highest BCUT2D eigenvalue weighted by atomic mass is 15.1. The van der Waals surface area contributed by atoms with Crippen molar-refractivity contribution >= 4 is 0 Å². The summed E-state index contributed by atoms with van der Waals surface area (Å²) in [6.45, 7) is 5.83. The average Bonchev–Trinajstić information content (AvgIpc) is 2.15. The molecule has 0 aliphatic carbocycles. The molecular formula is C9H19N3. The van der Waals surface area contributed by atoms with Gasteiger partial charge in [0.1, 0.15) is 0 Å². The number of hydrogen-bond donors (Lipinski definition) is 2. The maximum absolute atomic E-state index is 5.25. The third-order valence-electron chi connectivity index (χ3n) is 2.46. The van der Waals surface area contributed by atoms with Gasteiger partial charge in [0.2, 0.25) is 0 Å². The fourth-order valence-corrected chi connectivity index (χ4v) is 1.61. The highest BCUT2D eigenvalue weighted by molar-refractivity contribution is 4.83. The lowest BCUT2D eigenvalue weighted by molar-refractivity contribution is 0.213. The fraction of sp³-hybridized carbons (Fsp3) is 0.778. The number of nitrogens with zero attached hydrogens (tertiary/aromatic N) is 1. The average molecular weight is 169 g/mol. The SMILES string of the molecule is CCN1CCC(N/C=C\N)CC1. The van der Waals surface area contributed by atoms with Crippen molar-refractivity contribution in [3.8, 4) is 0 Å². The van der Waals surface area contributed by atoms with Crippen molar-refractivity contribution in [3.63, 3.8) is 0 Å². The molecule has 0 saturated carbocycles. The Morgan fingerprint density at radius 2 is 2.17 bits per heavy atom. The van der Waals surface area contributed by atoms with Gasteiger partial charge in [0.15, 0.2) is 0 Å². The number of nitrogens with two attached hydrogens (primary N) is 1. The molecule has 1 saturated heterocycles. The van der Waals surface area contributed by atoms with E-state index in [0.717, 1.165) is 0 Å². The van der Waals surface area contributed by atoms with Gasteiger partial charge in [-0.25, -0.2) is 0 Å². The molecule has 0 aromatic heterocycles. The summed E-state index contributed by atoms with van der Waals surface area (Å²) in [4.78, 5) is 2.48. The van der Waals surface area contributed by atoms with Gasteiger partial charge in [-0.15, -0.1) is 0 Å². The Bertz CT molecular complexity index is 137. The molecule has 0 aromatic rings. The molecule has 12 heavy (non-hydrogen) atoms. The minimum absolute atomic E-state index is 0.632. The van der Waals surface area contributed by atoms with E-state index < -0.39 is 0 Å².